The maximum atomic E-state index is 13.3. The number of carbonyl (C=O) groups is 1. The van der Waals surface area contributed by atoms with Crippen molar-refractivity contribution in [3.8, 4) is 11.5 Å². The lowest BCUT2D eigenvalue weighted by atomic mass is 9.95. The topological polar surface area (TPSA) is 87.5 Å². The van der Waals surface area contributed by atoms with E-state index in [9.17, 15) is 4.79 Å². The fraction of sp³-hybridized carbons (Fsp3) is 0.607. The third kappa shape index (κ3) is 7.66. The van der Waals surface area contributed by atoms with Gasteiger partial charge in [0.2, 0.25) is 11.1 Å². The summed E-state index contributed by atoms with van der Waals surface area (Å²) in [6.07, 6.45) is 8.52. The second kappa shape index (κ2) is 14.9. The molecule has 2 aromatic rings. The van der Waals surface area contributed by atoms with Crippen LogP contribution in [0.4, 0.5) is 5.95 Å². The first kappa shape index (κ1) is 28.9. The van der Waals surface area contributed by atoms with E-state index in [0.29, 0.717) is 47.1 Å². The number of ether oxygens (including phenoxy) is 3. The van der Waals surface area contributed by atoms with Crippen molar-refractivity contribution in [1.82, 2.24) is 14.8 Å². The predicted octanol–water partition coefficient (Wildman–Crippen LogP) is 6.77. The number of esters is 1. The van der Waals surface area contributed by atoms with Gasteiger partial charge in [-0.2, -0.15) is 4.98 Å². The van der Waals surface area contributed by atoms with Crippen LogP contribution < -0.4 is 14.8 Å². The Labute approximate surface area is 225 Å². The number of nitrogens with zero attached hydrogens (tertiary/aromatic N) is 3. The summed E-state index contributed by atoms with van der Waals surface area (Å²) in [6, 6.07) is 5.32. The fourth-order valence-corrected chi connectivity index (χ4v) is 5.06. The molecule has 8 nitrogen and oxygen atoms in total. The van der Waals surface area contributed by atoms with E-state index in [1.54, 1.807) is 23.6 Å². The number of thioether (sulfide) groups is 1. The largest absolute Gasteiger partial charge is 0.493 e. The highest BCUT2D eigenvalue weighted by Crippen LogP contribution is 2.40. The predicted molar refractivity (Wildman–Crippen MR) is 149 cm³/mol. The Hall–Kier alpha value is -2.68. The van der Waals surface area contributed by atoms with Gasteiger partial charge >= 0.3 is 5.97 Å². The van der Waals surface area contributed by atoms with Crippen molar-refractivity contribution in [3.05, 3.63) is 35.0 Å². The van der Waals surface area contributed by atoms with Gasteiger partial charge in [0.25, 0.3) is 0 Å². The summed E-state index contributed by atoms with van der Waals surface area (Å²) in [5.41, 5.74) is 2.09. The van der Waals surface area contributed by atoms with Crippen molar-refractivity contribution in [2.24, 2.45) is 0 Å². The third-order valence-corrected chi connectivity index (χ3v) is 7.20. The summed E-state index contributed by atoms with van der Waals surface area (Å²) in [6.45, 7) is 9.34. The Morgan fingerprint density at radius 3 is 2.54 bits per heavy atom. The van der Waals surface area contributed by atoms with E-state index in [1.807, 2.05) is 25.1 Å². The Balaban J connectivity index is 1.94. The molecule has 0 saturated carbocycles. The number of hydrogen-bond donors (Lipinski definition) is 1. The van der Waals surface area contributed by atoms with Gasteiger partial charge in [0, 0.05) is 11.4 Å². The number of carbonyl (C=O) groups excluding carboxylic acids is 1. The first-order valence-corrected chi connectivity index (χ1v) is 14.6. The molecule has 2 heterocycles. The van der Waals surface area contributed by atoms with Crippen molar-refractivity contribution in [1.29, 1.82) is 0 Å². The summed E-state index contributed by atoms with van der Waals surface area (Å²) in [5.74, 6) is 2.53. The highest BCUT2D eigenvalue weighted by molar-refractivity contribution is 7.99. The normalized spacial score (nSPS) is 14.8. The summed E-state index contributed by atoms with van der Waals surface area (Å²) in [4.78, 5) is 18.0. The molecule has 1 N–H and O–H groups in total. The molecular weight excluding hydrogens is 488 g/mol. The van der Waals surface area contributed by atoms with Crippen molar-refractivity contribution < 1.29 is 19.0 Å². The van der Waals surface area contributed by atoms with Crippen LogP contribution in [0.5, 0.6) is 11.5 Å². The average molecular weight is 531 g/mol. The molecule has 0 aliphatic carbocycles. The van der Waals surface area contributed by atoms with Crippen LogP contribution in [0.15, 0.2) is 34.6 Å². The molecule has 0 radical (unpaired) electrons. The Morgan fingerprint density at radius 2 is 1.81 bits per heavy atom. The highest BCUT2D eigenvalue weighted by Gasteiger charge is 2.35. The van der Waals surface area contributed by atoms with Gasteiger partial charge in [0.15, 0.2) is 11.5 Å². The number of anilines is 1. The zero-order valence-corrected chi connectivity index (χ0v) is 23.8. The van der Waals surface area contributed by atoms with Crippen LogP contribution in [0.1, 0.15) is 90.7 Å². The molecule has 1 aliphatic heterocycles. The van der Waals surface area contributed by atoms with Crippen LogP contribution in [0.2, 0.25) is 0 Å². The smallest absolute Gasteiger partial charge is 0.338 e. The molecule has 1 aromatic carbocycles. The molecular formula is C28H42N4O4S. The first-order valence-electron chi connectivity index (χ1n) is 13.6. The standard InChI is InChI=1S/C28H42N4O4S/c1-6-9-12-13-17-35-22-15-14-21(19-23(22)34-5)25-24(26(33)36-16-10-7-2)20(4)29-27-30-28(31-32(25)27)37-18-11-8-3/h14-15,19,25H,6-13,16-18H2,1-5H3,(H,29,30,31). The molecule has 3 rings (SSSR count). The molecule has 204 valence electrons. The molecule has 0 saturated heterocycles. The zero-order chi connectivity index (χ0) is 26.6. The van der Waals surface area contributed by atoms with E-state index >= 15 is 0 Å². The summed E-state index contributed by atoms with van der Waals surface area (Å²) in [7, 11) is 1.63. The molecule has 0 spiro atoms. The van der Waals surface area contributed by atoms with E-state index in [1.165, 1.54) is 12.8 Å². The maximum Gasteiger partial charge on any atom is 0.338 e. The lowest BCUT2D eigenvalue weighted by Crippen LogP contribution is -2.29. The molecule has 0 bridgehead atoms. The van der Waals surface area contributed by atoms with E-state index in [4.69, 9.17) is 24.3 Å². The van der Waals surface area contributed by atoms with Gasteiger partial charge in [-0.3, -0.25) is 0 Å². The van der Waals surface area contributed by atoms with Crippen LogP contribution in [0, 0.1) is 0 Å². The quantitative estimate of drug-likeness (QED) is 0.145. The van der Waals surface area contributed by atoms with Crippen molar-refractivity contribution in [2.75, 3.05) is 31.4 Å². The number of aromatic nitrogens is 3. The van der Waals surface area contributed by atoms with Gasteiger partial charge in [-0.1, -0.05) is 70.7 Å². The number of nitrogens with one attached hydrogen (secondary N) is 1. The molecule has 1 atom stereocenters. The Morgan fingerprint density at radius 1 is 1.03 bits per heavy atom. The second-order valence-corrected chi connectivity index (χ2v) is 10.3. The van der Waals surface area contributed by atoms with Gasteiger partial charge in [-0.25, -0.2) is 9.48 Å². The summed E-state index contributed by atoms with van der Waals surface area (Å²) < 4.78 is 19.2. The number of allylic oxidation sites excluding steroid dienone is 1. The van der Waals surface area contributed by atoms with E-state index < -0.39 is 6.04 Å². The minimum Gasteiger partial charge on any atom is -0.493 e. The van der Waals surface area contributed by atoms with E-state index in [-0.39, 0.29) is 5.97 Å². The molecule has 9 heteroatoms. The van der Waals surface area contributed by atoms with Gasteiger partial charge in [0.05, 0.1) is 25.9 Å². The molecule has 1 aromatic heterocycles. The number of benzene rings is 1. The highest BCUT2D eigenvalue weighted by atomic mass is 32.2. The maximum absolute atomic E-state index is 13.3. The molecule has 1 unspecified atom stereocenters. The fourth-order valence-electron chi connectivity index (χ4n) is 4.14. The minimum atomic E-state index is -0.495. The monoisotopic (exact) mass is 530 g/mol. The number of methoxy groups -OCH3 is 1. The lowest BCUT2D eigenvalue weighted by Gasteiger charge is -2.28. The second-order valence-electron chi connectivity index (χ2n) is 9.24. The average Bonchev–Trinajstić information content (AvgIpc) is 3.30. The SMILES string of the molecule is CCCCCCOc1ccc(C2C(C(=O)OCCCC)=C(C)Nc3nc(SCCCC)nn32)cc1OC. The van der Waals surface area contributed by atoms with Gasteiger partial charge in [-0.15, -0.1) is 5.10 Å². The number of unbranched alkanes of at least 4 members (excludes halogenated alkanes) is 5. The number of hydrogen-bond acceptors (Lipinski definition) is 8. The van der Waals surface area contributed by atoms with Gasteiger partial charge < -0.3 is 19.5 Å². The van der Waals surface area contributed by atoms with Crippen molar-refractivity contribution >= 4 is 23.7 Å². The number of fused-ring (bicyclic) bond motifs is 1. The molecule has 37 heavy (non-hydrogen) atoms. The van der Waals surface area contributed by atoms with E-state index in [2.05, 4.69) is 26.1 Å². The van der Waals surface area contributed by atoms with Crippen LogP contribution >= 0.6 is 11.8 Å². The van der Waals surface area contributed by atoms with Crippen LogP contribution in [0.3, 0.4) is 0 Å². The summed E-state index contributed by atoms with van der Waals surface area (Å²) >= 11 is 1.63. The van der Waals surface area contributed by atoms with E-state index in [0.717, 1.165) is 49.8 Å². The zero-order valence-electron chi connectivity index (χ0n) is 23.0. The molecule has 0 fully saturated rings. The molecule has 1 aliphatic rings. The first-order chi connectivity index (χ1) is 18.0. The van der Waals surface area contributed by atoms with Gasteiger partial charge in [-0.05, 0) is 43.9 Å². The van der Waals surface area contributed by atoms with Gasteiger partial charge in [0.1, 0.15) is 6.04 Å². The lowest BCUT2D eigenvalue weighted by molar-refractivity contribution is -0.139. The van der Waals surface area contributed by atoms with Crippen LogP contribution in [-0.2, 0) is 9.53 Å². The Kier molecular flexibility index (Phi) is 11.6. The van der Waals surface area contributed by atoms with Crippen molar-refractivity contribution in [3.63, 3.8) is 0 Å². The third-order valence-electron chi connectivity index (χ3n) is 6.27. The summed E-state index contributed by atoms with van der Waals surface area (Å²) in [5, 5.41) is 8.76. The van der Waals surface area contributed by atoms with Crippen LogP contribution in [0.25, 0.3) is 0 Å². The minimum absolute atomic E-state index is 0.347. The number of rotatable bonds is 16. The van der Waals surface area contributed by atoms with Crippen LogP contribution in [-0.4, -0.2) is 46.8 Å². The molecule has 0 amide bonds. The Bertz CT molecular complexity index is 1050. The van der Waals surface area contributed by atoms with Crippen molar-refractivity contribution in [2.45, 2.75) is 90.3 Å².